The van der Waals surface area contributed by atoms with Crippen LogP contribution in [0.5, 0.6) is 0 Å². The van der Waals surface area contributed by atoms with Crippen molar-refractivity contribution in [3.63, 3.8) is 0 Å². The maximum atomic E-state index is 12.7. The summed E-state index contributed by atoms with van der Waals surface area (Å²) in [4.78, 5) is 11.7. The zero-order chi connectivity index (χ0) is 12.3. The third kappa shape index (κ3) is 3.03. The highest BCUT2D eigenvalue weighted by atomic mass is 19.1. The van der Waals surface area contributed by atoms with Gasteiger partial charge in [0.05, 0.1) is 5.60 Å². The monoisotopic (exact) mass is 237 g/mol. The predicted molar refractivity (Wildman–Crippen MR) is 62.2 cm³/mol. The molecule has 4 heteroatoms. The van der Waals surface area contributed by atoms with Crippen LogP contribution in [0.2, 0.25) is 0 Å². The largest absolute Gasteiger partial charge is 0.388 e. The van der Waals surface area contributed by atoms with Crippen molar-refractivity contribution in [2.24, 2.45) is 0 Å². The lowest BCUT2D eigenvalue weighted by Crippen LogP contribution is -2.40. The molecule has 0 aliphatic heterocycles. The third-order valence-electron chi connectivity index (χ3n) is 3.22. The number of halogens is 1. The van der Waals surface area contributed by atoms with E-state index in [0.717, 1.165) is 25.7 Å². The zero-order valence-electron chi connectivity index (χ0n) is 9.58. The van der Waals surface area contributed by atoms with Crippen molar-refractivity contribution in [2.75, 3.05) is 6.54 Å². The van der Waals surface area contributed by atoms with Gasteiger partial charge in [0, 0.05) is 12.1 Å². The van der Waals surface area contributed by atoms with Crippen molar-refractivity contribution >= 4 is 5.91 Å². The SMILES string of the molecule is O=C(NCC1(O)CCCC1)c1ccc(F)cc1. The van der Waals surface area contributed by atoms with E-state index in [4.69, 9.17) is 0 Å². The zero-order valence-corrected chi connectivity index (χ0v) is 9.58. The van der Waals surface area contributed by atoms with Crippen molar-refractivity contribution in [1.82, 2.24) is 5.32 Å². The van der Waals surface area contributed by atoms with Crippen molar-refractivity contribution in [2.45, 2.75) is 31.3 Å². The van der Waals surface area contributed by atoms with Gasteiger partial charge in [0.2, 0.25) is 0 Å². The molecule has 0 radical (unpaired) electrons. The Morgan fingerprint density at radius 2 is 1.88 bits per heavy atom. The first-order valence-corrected chi connectivity index (χ1v) is 5.85. The molecule has 2 rings (SSSR count). The fourth-order valence-corrected chi connectivity index (χ4v) is 2.16. The molecule has 17 heavy (non-hydrogen) atoms. The van der Waals surface area contributed by atoms with Gasteiger partial charge in [0.25, 0.3) is 5.91 Å². The predicted octanol–water partition coefficient (Wildman–Crippen LogP) is 1.86. The molecule has 1 aromatic rings. The molecule has 0 bridgehead atoms. The number of amides is 1. The number of hydrogen-bond donors (Lipinski definition) is 2. The second-order valence-corrected chi connectivity index (χ2v) is 4.62. The Hall–Kier alpha value is -1.42. The molecule has 92 valence electrons. The molecule has 0 unspecified atom stereocenters. The summed E-state index contributed by atoms with van der Waals surface area (Å²) in [7, 11) is 0. The van der Waals surface area contributed by atoms with E-state index in [1.54, 1.807) is 0 Å². The van der Waals surface area contributed by atoms with Crippen LogP contribution < -0.4 is 5.32 Å². The van der Waals surface area contributed by atoms with E-state index < -0.39 is 5.60 Å². The minimum absolute atomic E-state index is 0.267. The van der Waals surface area contributed by atoms with Gasteiger partial charge in [-0.1, -0.05) is 12.8 Å². The topological polar surface area (TPSA) is 49.3 Å². The quantitative estimate of drug-likeness (QED) is 0.843. The molecule has 1 aliphatic rings. The highest BCUT2D eigenvalue weighted by Crippen LogP contribution is 2.28. The average Bonchev–Trinajstić information content (AvgIpc) is 2.75. The lowest BCUT2D eigenvalue weighted by molar-refractivity contribution is 0.0449. The number of hydrogen-bond acceptors (Lipinski definition) is 2. The van der Waals surface area contributed by atoms with Crippen LogP contribution in [0.1, 0.15) is 36.0 Å². The van der Waals surface area contributed by atoms with Crippen molar-refractivity contribution in [3.05, 3.63) is 35.6 Å². The van der Waals surface area contributed by atoms with Gasteiger partial charge in [-0.05, 0) is 37.1 Å². The van der Waals surface area contributed by atoms with Crippen LogP contribution in [0, 0.1) is 5.82 Å². The Morgan fingerprint density at radius 1 is 1.29 bits per heavy atom. The maximum Gasteiger partial charge on any atom is 0.251 e. The molecular weight excluding hydrogens is 221 g/mol. The van der Waals surface area contributed by atoms with E-state index in [1.807, 2.05) is 0 Å². The highest BCUT2D eigenvalue weighted by molar-refractivity contribution is 5.94. The van der Waals surface area contributed by atoms with E-state index in [9.17, 15) is 14.3 Å². The summed E-state index contributed by atoms with van der Waals surface area (Å²) >= 11 is 0. The minimum Gasteiger partial charge on any atom is -0.388 e. The van der Waals surface area contributed by atoms with Gasteiger partial charge in [0.15, 0.2) is 0 Å². The van der Waals surface area contributed by atoms with Gasteiger partial charge >= 0.3 is 0 Å². The van der Waals surface area contributed by atoms with Gasteiger partial charge < -0.3 is 10.4 Å². The van der Waals surface area contributed by atoms with Crippen LogP contribution in [0.3, 0.4) is 0 Å². The van der Waals surface area contributed by atoms with E-state index in [0.29, 0.717) is 5.56 Å². The fraction of sp³-hybridized carbons (Fsp3) is 0.462. The number of carbonyl (C=O) groups is 1. The minimum atomic E-state index is -0.754. The summed E-state index contributed by atoms with van der Waals surface area (Å²) < 4.78 is 12.7. The second-order valence-electron chi connectivity index (χ2n) is 4.62. The summed E-state index contributed by atoms with van der Waals surface area (Å²) in [6, 6.07) is 5.37. The molecule has 1 fully saturated rings. The molecule has 1 amide bonds. The smallest absolute Gasteiger partial charge is 0.251 e. The van der Waals surface area contributed by atoms with Crippen LogP contribution >= 0.6 is 0 Å². The summed E-state index contributed by atoms with van der Waals surface area (Å²) in [5, 5.41) is 12.7. The van der Waals surface area contributed by atoms with E-state index in [-0.39, 0.29) is 18.3 Å². The number of carbonyl (C=O) groups excluding carboxylic acids is 1. The molecule has 1 saturated carbocycles. The Labute approximate surface area is 99.7 Å². The Balaban J connectivity index is 1.91. The normalized spacial score (nSPS) is 18.0. The van der Waals surface area contributed by atoms with Gasteiger partial charge in [-0.2, -0.15) is 0 Å². The molecular formula is C13H16FNO2. The molecule has 3 nitrogen and oxygen atoms in total. The van der Waals surface area contributed by atoms with Crippen LogP contribution in [0.4, 0.5) is 4.39 Å². The number of aliphatic hydroxyl groups is 1. The van der Waals surface area contributed by atoms with Crippen molar-refractivity contribution < 1.29 is 14.3 Å². The summed E-state index contributed by atoms with van der Waals surface area (Å²) in [5.74, 6) is -0.638. The van der Waals surface area contributed by atoms with Crippen LogP contribution in [-0.4, -0.2) is 23.2 Å². The fourth-order valence-electron chi connectivity index (χ4n) is 2.16. The molecule has 0 heterocycles. The first-order chi connectivity index (χ1) is 8.09. The summed E-state index contributed by atoms with van der Waals surface area (Å²) in [5.41, 5.74) is -0.344. The van der Waals surface area contributed by atoms with E-state index in [2.05, 4.69) is 5.32 Å². The molecule has 1 aliphatic carbocycles. The third-order valence-corrected chi connectivity index (χ3v) is 3.22. The first kappa shape index (κ1) is 12.0. The molecule has 0 spiro atoms. The standard InChI is InChI=1S/C13H16FNO2/c14-11-5-3-10(4-6-11)12(16)15-9-13(17)7-1-2-8-13/h3-6,17H,1-2,7-9H2,(H,15,16). The molecule has 1 aromatic carbocycles. The van der Waals surface area contributed by atoms with E-state index in [1.165, 1.54) is 24.3 Å². The number of nitrogens with one attached hydrogen (secondary N) is 1. The van der Waals surface area contributed by atoms with Crippen molar-refractivity contribution in [3.8, 4) is 0 Å². The van der Waals surface area contributed by atoms with Crippen LogP contribution in [0.25, 0.3) is 0 Å². The average molecular weight is 237 g/mol. The Bertz CT molecular complexity index is 396. The van der Waals surface area contributed by atoms with Crippen LogP contribution in [-0.2, 0) is 0 Å². The van der Waals surface area contributed by atoms with Gasteiger partial charge in [-0.25, -0.2) is 4.39 Å². The molecule has 0 atom stereocenters. The summed E-state index contributed by atoms with van der Waals surface area (Å²) in [6.07, 6.45) is 3.47. The first-order valence-electron chi connectivity index (χ1n) is 5.85. The van der Waals surface area contributed by atoms with E-state index >= 15 is 0 Å². The van der Waals surface area contributed by atoms with Crippen molar-refractivity contribution in [1.29, 1.82) is 0 Å². The lowest BCUT2D eigenvalue weighted by Gasteiger charge is -2.22. The van der Waals surface area contributed by atoms with Crippen LogP contribution in [0.15, 0.2) is 24.3 Å². The molecule has 2 N–H and O–H groups in total. The van der Waals surface area contributed by atoms with Gasteiger partial charge in [-0.3, -0.25) is 4.79 Å². The number of benzene rings is 1. The number of rotatable bonds is 3. The Kier molecular flexibility index (Phi) is 3.43. The molecule has 0 aromatic heterocycles. The summed E-state index contributed by atoms with van der Waals surface area (Å²) in [6.45, 7) is 0.267. The molecule has 0 saturated heterocycles. The van der Waals surface area contributed by atoms with Gasteiger partial charge in [0.1, 0.15) is 5.82 Å². The second kappa shape index (κ2) is 4.84. The van der Waals surface area contributed by atoms with Gasteiger partial charge in [-0.15, -0.1) is 0 Å². The maximum absolute atomic E-state index is 12.7. The Morgan fingerprint density at radius 3 is 2.47 bits per heavy atom. The highest BCUT2D eigenvalue weighted by Gasteiger charge is 2.31. The lowest BCUT2D eigenvalue weighted by atomic mass is 10.0.